The summed E-state index contributed by atoms with van der Waals surface area (Å²) in [7, 11) is 0. The number of nitrogens with zero attached hydrogens (tertiary/aromatic N) is 1. The summed E-state index contributed by atoms with van der Waals surface area (Å²) in [6, 6.07) is 5.58. The van der Waals surface area contributed by atoms with Gasteiger partial charge in [-0.1, -0.05) is 33.6 Å². The van der Waals surface area contributed by atoms with Crippen LogP contribution in [0.2, 0.25) is 5.02 Å². The third-order valence-corrected chi connectivity index (χ3v) is 3.10. The van der Waals surface area contributed by atoms with Gasteiger partial charge in [-0.2, -0.15) is 0 Å². The van der Waals surface area contributed by atoms with Crippen LogP contribution in [0.4, 0.5) is 4.79 Å². The molecule has 0 unspecified atom stereocenters. The van der Waals surface area contributed by atoms with Gasteiger partial charge in [0.25, 0.3) is 0 Å². The lowest BCUT2D eigenvalue weighted by Gasteiger charge is -2.19. The predicted octanol–water partition coefficient (Wildman–Crippen LogP) is 4.84. The Kier molecular flexibility index (Phi) is 3.43. The Morgan fingerprint density at radius 1 is 1.39 bits per heavy atom. The van der Waals surface area contributed by atoms with Crippen LogP contribution in [-0.2, 0) is 4.74 Å². The number of rotatable bonds is 0. The maximum Gasteiger partial charge on any atom is 0.419 e. The first kappa shape index (κ1) is 13.4. The van der Waals surface area contributed by atoms with Gasteiger partial charge in [0.15, 0.2) is 0 Å². The van der Waals surface area contributed by atoms with Crippen LogP contribution in [0.1, 0.15) is 20.8 Å². The fraction of sp³-hybridized carbons (Fsp3) is 0.308. The molecule has 0 aliphatic carbocycles. The Hall–Kier alpha value is -1.000. The third kappa shape index (κ3) is 2.70. The van der Waals surface area contributed by atoms with E-state index < -0.39 is 11.7 Å². The summed E-state index contributed by atoms with van der Waals surface area (Å²) in [5.41, 5.74) is 0.190. The highest BCUT2D eigenvalue weighted by Gasteiger charge is 2.20. The van der Waals surface area contributed by atoms with Gasteiger partial charge in [-0.15, -0.1) is 0 Å². The van der Waals surface area contributed by atoms with Gasteiger partial charge in [0.1, 0.15) is 5.60 Å². The molecule has 3 nitrogen and oxygen atoms in total. The smallest absolute Gasteiger partial charge is 0.419 e. The van der Waals surface area contributed by atoms with Crippen LogP contribution in [0, 0.1) is 0 Å². The topological polar surface area (TPSA) is 31.2 Å². The molecule has 0 aliphatic rings. The fourth-order valence-electron chi connectivity index (χ4n) is 1.62. The van der Waals surface area contributed by atoms with Crippen molar-refractivity contribution in [2.75, 3.05) is 0 Å². The summed E-state index contributed by atoms with van der Waals surface area (Å²) < 4.78 is 7.64. The summed E-state index contributed by atoms with van der Waals surface area (Å²) in [6.07, 6.45) is 1.14. The van der Waals surface area contributed by atoms with E-state index in [9.17, 15) is 4.79 Å². The molecular formula is C13H13BrClNO2. The van der Waals surface area contributed by atoms with Crippen molar-refractivity contribution in [1.82, 2.24) is 4.57 Å². The van der Waals surface area contributed by atoms with Crippen molar-refractivity contribution in [2.45, 2.75) is 26.4 Å². The van der Waals surface area contributed by atoms with Gasteiger partial charge < -0.3 is 4.74 Å². The van der Waals surface area contributed by atoms with E-state index in [1.165, 1.54) is 4.57 Å². The molecule has 0 amide bonds. The van der Waals surface area contributed by atoms with Gasteiger partial charge in [-0.05, 0) is 32.9 Å². The van der Waals surface area contributed by atoms with Gasteiger partial charge in [0.2, 0.25) is 0 Å². The monoisotopic (exact) mass is 329 g/mol. The second-order valence-electron chi connectivity index (χ2n) is 4.99. The molecule has 18 heavy (non-hydrogen) atoms. The lowest BCUT2D eigenvalue weighted by molar-refractivity contribution is 0.0544. The van der Waals surface area contributed by atoms with Gasteiger partial charge in [0.05, 0.1) is 10.5 Å². The number of hydrogen-bond donors (Lipinski definition) is 0. The van der Waals surface area contributed by atoms with Gasteiger partial charge in [-0.3, -0.25) is 4.57 Å². The second kappa shape index (κ2) is 4.59. The minimum Gasteiger partial charge on any atom is -0.443 e. The normalized spacial score (nSPS) is 11.8. The van der Waals surface area contributed by atoms with Crippen molar-refractivity contribution in [3.63, 3.8) is 0 Å². The summed E-state index contributed by atoms with van der Waals surface area (Å²) in [5.74, 6) is 0. The molecule has 0 aliphatic heterocycles. The number of ether oxygens (including phenoxy) is 1. The largest absolute Gasteiger partial charge is 0.443 e. The number of benzene rings is 1. The lowest BCUT2D eigenvalue weighted by Crippen LogP contribution is -2.26. The summed E-state index contributed by atoms with van der Waals surface area (Å²) in [6.45, 7) is 5.48. The van der Waals surface area contributed by atoms with E-state index in [4.69, 9.17) is 16.3 Å². The Morgan fingerprint density at radius 3 is 2.67 bits per heavy atom. The number of hydrogen-bond acceptors (Lipinski definition) is 2. The molecule has 0 N–H and O–H groups in total. The lowest BCUT2D eigenvalue weighted by atomic mass is 10.2. The summed E-state index contributed by atoms with van der Waals surface area (Å²) in [5, 5.41) is 1.36. The Bertz CT molecular complexity index is 613. The van der Waals surface area contributed by atoms with E-state index in [0.29, 0.717) is 5.02 Å². The summed E-state index contributed by atoms with van der Waals surface area (Å²) in [4.78, 5) is 12.1. The van der Waals surface area contributed by atoms with Crippen LogP contribution in [0.15, 0.2) is 28.9 Å². The van der Waals surface area contributed by atoms with Crippen LogP contribution < -0.4 is 0 Å². The highest BCUT2D eigenvalue weighted by Crippen LogP contribution is 2.29. The molecule has 1 heterocycles. The average molecular weight is 331 g/mol. The zero-order valence-corrected chi connectivity index (χ0v) is 12.7. The first-order valence-corrected chi connectivity index (χ1v) is 6.64. The molecule has 0 atom stereocenters. The van der Waals surface area contributed by atoms with Crippen molar-refractivity contribution in [1.29, 1.82) is 0 Å². The van der Waals surface area contributed by atoms with E-state index >= 15 is 0 Å². The zero-order chi connectivity index (χ0) is 13.5. The molecule has 2 rings (SSSR count). The van der Waals surface area contributed by atoms with Crippen molar-refractivity contribution < 1.29 is 9.53 Å². The molecule has 5 heteroatoms. The molecular weight excluding hydrogens is 318 g/mol. The van der Waals surface area contributed by atoms with Crippen LogP contribution >= 0.6 is 27.5 Å². The van der Waals surface area contributed by atoms with E-state index in [0.717, 1.165) is 15.4 Å². The fourth-order valence-corrected chi connectivity index (χ4v) is 2.23. The van der Waals surface area contributed by atoms with Crippen LogP contribution in [0.3, 0.4) is 0 Å². The van der Waals surface area contributed by atoms with Crippen molar-refractivity contribution in [3.05, 3.63) is 33.9 Å². The molecule has 0 bridgehead atoms. The number of fused-ring (bicyclic) bond motifs is 1. The van der Waals surface area contributed by atoms with E-state index in [2.05, 4.69) is 15.9 Å². The third-order valence-electron chi connectivity index (χ3n) is 2.31. The SMILES string of the molecule is CC(C)(C)OC(=O)n1cc(Cl)c2ccc(Br)cc21. The van der Waals surface area contributed by atoms with Crippen LogP contribution in [-0.4, -0.2) is 16.3 Å². The van der Waals surface area contributed by atoms with Crippen molar-refractivity contribution in [3.8, 4) is 0 Å². The van der Waals surface area contributed by atoms with Crippen molar-refractivity contribution >= 4 is 44.5 Å². The molecule has 0 radical (unpaired) electrons. The van der Waals surface area contributed by atoms with Gasteiger partial charge in [-0.25, -0.2) is 4.79 Å². The molecule has 0 fully saturated rings. The number of halogens is 2. The zero-order valence-electron chi connectivity index (χ0n) is 10.3. The van der Waals surface area contributed by atoms with Gasteiger partial charge in [0, 0.05) is 16.1 Å². The minimum atomic E-state index is -0.536. The van der Waals surface area contributed by atoms with E-state index in [1.54, 1.807) is 6.20 Å². The standard InChI is InChI=1S/C13H13BrClNO2/c1-13(2,3)18-12(17)16-7-10(15)9-5-4-8(14)6-11(9)16/h4-7H,1-3H3. The Labute approximate surface area is 119 Å². The molecule has 0 spiro atoms. The first-order valence-electron chi connectivity index (χ1n) is 5.47. The first-order chi connectivity index (χ1) is 8.28. The maximum atomic E-state index is 12.1. The van der Waals surface area contributed by atoms with Gasteiger partial charge >= 0.3 is 6.09 Å². The predicted molar refractivity (Wildman–Crippen MR) is 76.3 cm³/mol. The quantitative estimate of drug-likeness (QED) is 0.692. The number of aromatic nitrogens is 1. The van der Waals surface area contributed by atoms with Crippen LogP contribution in [0.25, 0.3) is 10.9 Å². The average Bonchev–Trinajstić information content (AvgIpc) is 2.53. The minimum absolute atomic E-state index is 0.433. The molecule has 0 saturated carbocycles. The van der Waals surface area contributed by atoms with E-state index in [-0.39, 0.29) is 0 Å². The van der Waals surface area contributed by atoms with E-state index in [1.807, 2.05) is 39.0 Å². The number of carbonyl (C=O) groups is 1. The summed E-state index contributed by atoms with van der Waals surface area (Å²) >= 11 is 9.48. The number of carbonyl (C=O) groups excluding carboxylic acids is 1. The van der Waals surface area contributed by atoms with Crippen LogP contribution in [0.5, 0.6) is 0 Å². The molecule has 0 saturated heterocycles. The highest BCUT2D eigenvalue weighted by molar-refractivity contribution is 9.10. The molecule has 2 aromatic rings. The highest BCUT2D eigenvalue weighted by atomic mass is 79.9. The second-order valence-corrected chi connectivity index (χ2v) is 6.31. The molecule has 1 aromatic heterocycles. The maximum absolute atomic E-state index is 12.1. The van der Waals surface area contributed by atoms with Crippen molar-refractivity contribution in [2.24, 2.45) is 0 Å². The molecule has 96 valence electrons. The molecule has 1 aromatic carbocycles. The Balaban J connectivity index is 2.51. The Morgan fingerprint density at radius 2 is 2.06 bits per heavy atom.